The lowest BCUT2D eigenvalue weighted by atomic mass is 10.1. The second-order valence-corrected chi connectivity index (χ2v) is 6.94. The quantitative estimate of drug-likeness (QED) is 0.450. The number of benzene rings is 2. The third kappa shape index (κ3) is 4.95. The molecule has 7 heteroatoms. The number of rotatable bonds is 7. The summed E-state index contributed by atoms with van der Waals surface area (Å²) in [6.45, 7) is 1.22. The number of carbonyl (C=O) groups excluding carboxylic acids is 1. The molecule has 0 aliphatic heterocycles. The average Bonchev–Trinajstić information content (AvgIpc) is 3.30. The summed E-state index contributed by atoms with van der Waals surface area (Å²) >= 11 is 0. The lowest BCUT2D eigenvalue weighted by Crippen LogP contribution is -2.24. The van der Waals surface area contributed by atoms with E-state index in [2.05, 4.69) is 10.1 Å². The maximum absolute atomic E-state index is 13.1. The van der Waals surface area contributed by atoms with Gasteiger partial charge in [0.05, 0.1) is 12.2 Å². The second-order valence-electron chi connectivity index (χ2n) is 6.94. The number of likely N-dealkylation sites (N-methyl/N-ethyl adjacent to an activating group) is 1. The van der Waals surface area contributed by atoms with Crippen molar-refractivity contribution in [2.45, 2.75) is 0 Å². The first kappa shape index (κ1) is 20.3. The number of halogens is 1. The van der Waals surface area contributed by atoms with Crippen LogP contribution in [0.3, 0.4) is 0 Å². The minimum Gasteiger partial charge on any atom is -0.492 e. The molecular formula is C24H21FN4O2. The molecule has 2 heterocycles. The smallest absolute Gasteiger partial charge is 0.278 e. The zero-order valence-electron chi connectivity index (χ0n) is 17.0. The van der Waals surface area contributed by atoms with Crippen molar-refractivity contribution in [2.75, 3.05) is 25.1 Å². The molecule has 156 valence electrons. The number of hydrogen-bond donors (Lipinski definition) is 0. The molecule has 0 radical (unpaired) electrons. The molecular weight excluding hydrogens is 395 g/mol. The molecule has 6 nitrogen and oxygen atoms in total. The summed E-state index contributed by atoms with van der Waals surface area (Å²) in [5.41, 5.74) is 1.90. The second kappa shape index (κ2) is 9.21. The van der Waals surface area contributed by atoms with E-state index >= 15 is 0 Å². The first-order valence-electron chi connectivity index (χ1n) is 9.81. The molecule has 0 saturated heterocycles. The highest BCUT2D eigenvalue weighted by molar-refractivity contribution is 5.95. The fourth-order valence-electron chi connectivity index (χ4n) is 3.03. The summed E-state index contributed by atoms with van der Waals surface area (Å²) in [4.78, 5) is 18.8. The highest BCUT2D eigenvalue weighted by Crippen LogP contribution is 2.21. The van der Waals surface area contributed by atoms with Crippen molar-refractivity contribution in [3.63, 3.8) is 0 Å². The number of nitrogens with zero attached hydrogens (tertiary/aromatic N) is 4. The lowest BCUT2D eigenvalue weighted by molar-refractivity contribution is 0.0945. The summed E-state index contributed by atoms with van der Waals surface area (Å²) in [6, 6.07) is 20.5. The molecule has 0 spiro atoms. The number of ether oxygens (including phenoxy) is 1. The van der Waals surface area contributed by atoms with Crippen molar-refractivity contribution in [3.8, 4) is 17.0 Å². The standard InChI is InChI=1S/C24H21FN4O2/c1-28(23-4-2-3-14-26-23)16-17-31-21-11-7-18(8-12-21)22-13-15-29(27-22)24(30)19-5-9-20(25)10-6-19/h2-15H,16-17H2,1H3. The van der Waals surface area contributed by atoms with Gasteiger partial charge in [0, 0.05) is 30.6 Å². The van der Waals surface area contributed by atoms with Crippen LogP contribution in [0, 0.1) is 5.82 Å². The minimum atomic E-state index is -0.386. The molecule has 0 N–H and O–H groups in total. The number of anilines is 1. The Bertz CT molecular complexity index is 1140. The van der Waals surface area contributed by atoms with Crippen LogP contribution in [-0.2, 0) is 0 Å². The summed E-state index contributed by atoms with van der Waals surface area (Å²) in [6.07, 6.45) is 3.36. The molecule has 0 unspecified atom stereocenters. The Balaban J connectivity index is 1.35. The van der Waals surface area contributed by atoms with Crippen molar-refractivity contribution in [3.05, 3.63) is 96.6 Å². The Morgan fingerprint density at radius 1 is 1.03 bits per heavy atom. The van der Waals surface area contributed by atoms with E-state index in [1.54, 1.807) is 18.5 Å². The van der Waals surface area contributed by atoms with Crippen molar-refractivity contribution >= 4 is 11.7 Å². The van der Waals surface area contributed by atoms with Gasteiger partial charge in [-0.05, 0) is 66.7 Å². The Morgan fingerprint density at radius 3 is 2.52 bits per heavy atom. The van der Waals surface area contributed by atoms with Crippen LogP contribution in [0.5, 0.6) is 5.75 Å². The Labute approximate surface area is 179 Å². The van der Waals surface area contributed by atoms with Crippen LogP contribution < -0.4 is 9.64 Å². The fourth-order valence-corrected chi connectivity index (χ4v) is 3.03. The zero-order chi connectivity index (χ0) is 21.6. The molecule has 4 aromatic rings. The van der Waals surface area contributed by atoms with Gasteiger partial charge < -0.3 is 9.64 Å². The maximum Gasteiger partial charge on any atom is 0.278 e. The van der Waals surface area contributed by atoms with E-state index in [1.807, 2.05) is 54.4 Å². The molecule has 0 aliphatic carbocycles. The molecule has 0 atom stereocenters. The van der Waals surface area contributed by atoms with Gasteiger partial charge in [0.15, 0.2) is 0 Å². The van der Waals surface area contributed by atoms with Crippen LogP contribution >= 0.6 is 0 Å². The first-order valence-corrected chi connectivity index (χ1v) is 9.81. The van der Waals surface area contributed by atoms with E-state index in [0.29, 0.717) is 24.4 Å². The summed E-state index contributed by atoms with van der Waals surface area (Å²) in [7, 11) is 1.97. The van der Waals surface area contributed by atoms with Crippen molar-refractivity contribution in [1.29, 1.82) is 0 Å². The number of pyridine rings is 1. The van der Waals surface area contributed by atoms with Gasteiger partial charge >= 0.3 is 0 Å². The molecule has 2 aromatic carbocycles. The third-order valence-electron chi connectivity index (χ3n) is 4.77. The number of aromatic nitrogens is 3. The van der Waals surface area contributed by atoms with Crippen LogP contribution in [0.1, 0.15) is 10.4 Å². The molecule has 2 aromatic heterocycles. The first-order chi connectivity index (χ1) is 15.1. The van der Waals surface area contributed by atoms with Gasteiger partial charge in [-0.3, -0.25) is 4.79 Å². The topological polar surface area (TPSA) is 60.2 Å². The van der Waals surface area contributed by atoms with Gasteiger partial charge in [0.1, 0.15) is 24.0 Å². The molecule has 31 heavy (non-hydrogen) atoms. The van der Waals surface area contributed by atoms with E-state index in [1.165, 1.54) is 28.9 Å². The van der Waals surface area contributed by atoms with E-state index in [-0.39, 0.29) is 11.7 Å². The van der Waals surface area contributed by atoms with Gasteiger partial charge in [-0.1, -0.05) is 6.07 Å². The molecule has 0 aliphatic rings. The zero-order valence-corrected chi connectivity index (χ0v) is 17.0. The van der Waals surface area contributed by atoms with Gasteiger partial charge in [0.2, 0.25) is 0 Å². The monoisotopic (exact) mass is 416 g/mol. The van der Waals surface area contributed by atoms with Gasteiger partial charge in [0.25, 0.3) is 5.91 Å². The van der Waals surface area contributed by atoms with Gasteiger partial charge in [-0.2, -0.15) is 5.10 Å². The van der Waals surface area contributed by atoms with Gasteiger partial charge in [-0.25, -0.2) is 14.1 Å². The molecule has 0 amide bonds. The molecule has 0 fully saturated rings. The van der Waals surface area contributed by atoms with Gasteiger partial charge in [-0.15, -0.1) is 0 Å². The molecule has 0 saturated carbocycles. The summed E-state index contributed by atoms with van der Waals surface area (Å²) in [5.74, 6) is 0.943. The van der Waals surface area contributed by atoms with Crippen LogP contribution in [0.4, 0.5) is 10.2 Å². The van der Waals surface area contributed by atoms with Crippen LogP contribution in [0.2, 0.25) is 0 Å². The van der Waals surface area contributed by atoms with Crippen LogP contribution in [0.25, 0.3) is 11.3 Å². The SMILES string of the molecule is CN(CCOc1ccc(-c2ccn(C(=O)c3ccc(F)cc3)n2)cc1)c1ccccn1. The third-order valence-corrected chi connectivity index (χ3v) is 4.77. The van der Waals surface area contributed by atoms with E-state index < -0.39 is 0 Å². The number of hydrogen-bond acceptors (Lipinski definition) is 5. The highest BCUT2D eigenvalue weighted by atomic mass is 19.1. The van der Waals surface area contributed by atoms with Crippen molar-refractivity contribution in [2.24, 2.45) is 0 Å². The minimum absolute atomic E-state index is 0.316. The molecule has 4 rings (SSSR count). The Morgan fingerprint density at radius 2 is 1.81 bits per heavy atom. The van der Waals surface area contributed by atoms with E-state index in [9.17, 15) is 9.18 Å². The predicted octanol–water partition coefficient (Wildman–Crippen LogP) is 4.29. The van der Waals surface area contributed by atoms with Crippen LogP contribution in [-0.4, -0.2) is 40.9 Å². The van der Waals surface area contributed by atoms with Crippen molar-refractivity contribution < 1.29 is 13.9 Å². The average molecular weight is 416 g/mol. The van der Waals surface area contributed by atoms with Crippen molar-refractivity contribution in [1.82, 2.24) is 14.8 Å². The Kier molecular flexibility index (Phi) is 6.03. The van der Waals surface area contributed by atoms with E-state index in [4.69, 9.17) is 4.74 Å². The maximum atomic E-state index is 13.1. The van der Waals surface area contributed by atoms with Crippen LogP contribution in [0.15, 0.2) is 85.2 Å². The fraction of sp³-hybridized carbons (Fsp3) is 0.125. The summed E-state index contributed by atoms with van der Waals surface area (Å²) < 4.78 is 20.1. The predicted molar refractivity (Wildman–Crippen MR) is 117 cm³/mol. The summed E-state index contributed by atoms with van der Waals surface area (Å²) in [5, 5.41) is 4.35. The van der Waals surface area contributed by atoms with E-state index in [0.717, 1.165) is 17.1 Å². The highest BCUT2D eigenvalue weighted by Gasteiger charge is 2.11. The normalized spacial score (nSPS) is 10.6. The number of carbonyl (C=O) groups is 1. The molecule has 0 bridgehead atoms. The largest absolute Gasteiger partial charge is 0.492 e. The Hall–Kier alpha value is -4.00. The lowest BCUT2D eigenvalue weighted by Gasteiger charge is -2.18.